The van der Waals surface area contributed by atoms with Gasteiger partial charge in [0.25, 0.3) is 0 Å². The molecular weight excluding hydrogens is 404 g/mol. The van der Waals surface area contributed by atoms with Crippen molar-refractivity contribution >= 4 is 28.3 Å². The van der Waals surface area contributed by atoms with E-state index >= 15 is 0 Å². The predicted molar refractivity (Wildman–Crippen MR) is 103 cm³/mol. The molecule has 11 heteroatoms. The van der Waals surface area contributed by atoms with Gasteiger partial charge < -0.3 is 10.5 Å². The largest absolute Gasteiger partial charge is 0.480 e. The molecule has 0 aliphatic carbocycles. The molecule has 3 aromatic heterocycles. The van der Waals surface area contributed by atoms with Crippen molar-refractivity contribution in [3.63, 3.8) is 0 Å². The molecule has 0 unspecified atom stereocenters. The summed E-state index contributed by atoms with van der Waals surface area (Å²) < 4.78 is 31.8. The average Bonchev–Trinajstić information content (AvgIpc) is 3.19. The van der Waals surface area contributed by atoms with Crippen LogP contribution in [0.25, 0.3) is 22.2 Å². The smallest absolute Gasteiger partial charge is 0.334 e. The second-order valence-corrected chi connectivity index (χ2v) is 6.52. The summed E-state index contributed by atoms with van der Waals surface area (Å²) in [6.45, 7) is -1.16. The summed E-state index contributed by atoms with van der Waals surface area (Å²) >= 11 is 6.09. The van der Waals surface area contributed by atoms with E-state index in [1.807, 2.05) is 6.07 Å². The van der Waals surface area contributed by atoms with Gasteiger partial charge in [0.2, 0.25) is 0 Å². The van der Waals surface area contributed by atoms with Gasteiger partial charge in [-0.1, -0.05) is 23.7 Å². The lowest BCUT2D eigenvalue weighted by molar-refractivity contribution is 0.0550. The van der Waals surface area contributed by atoms with Crippen LogP contribution >= 0.6 is 11.6 Å². The minimum atomic E-state index is -2.79. The topological polar surface area (TPSA) is 105 Å². The highest BCUT2D eigenvalue weighted by atomic mass is 35.5. The number of pyridine rings is 1. The van der Waals surface area contributed by atoms with E-state index in [9.17, 15) is 8.78 Å². The van der Waals surface area contributed by atoms with E-state index in [2.05, 4.69) is 25.0 Å². The second kappa shape index (κ2) is 7.55. The molecule has 4 rings (SSSR count). The number of hydrogen-bond acceptors (Lipinski definition) is 7. The van der Waals surface area contributed by atoms with E-state index in [-0.39, 0.29) is 17.4 Å². The number of aromatic nitrogens is 6. The highest BCUT2D eigenvalue weighted by Crippen LogP contribution is 2.36. The van der Waals surface area contributed by atoms with Gasteiger partial charge in [0.05, 0.1) is 17.3 Å². The minimum absolute atomic E-state index is 0.0905. The molecule has 0 radical (unpaired) electrons. The molecule has 0 saturated heterocycles. The van der Waals surface area contributed by atoms with Gasteiger partial charge in [0, 0.05) is 10.6 Å². The van der Waals surface area contributed by atoms with E-state index < -0.39 is 12.7 Å². The first-order valence-electron chi connectivity index (χ1n) is 8.45. The van der Waals surface area contributed by atoms with Crippen molar-refractivity contribution in [3.05, 3.63) is 54.0 Å². The van der Waals surface area contributed by atoms with Crippen molar-refractivity contribution in [1.82, 2.24) is 29.7 Å². The highest BCUT2D eigenvalue weighted by molar-refractivity contribution is 6.30. The van der Waals surface area contributed by atoms with Crippen LogP contribution < -0.4 is 10.5 Å². The molecule has 148 valence electrons. The van der Waals surface area contributed by atoms with Gasteiger partial charge in [0.1, 0.15) is 24.0 Å². The SMILES string of the molecule is C[C@H](Oc1cnc(-c2cccc(Cl)c2)c2ncnc(N)c12)c1ncn(C(F)F)n1. The number of halogens is 3. The third-order valence-corrected chi connectivity index (χ3v) is 4.38. The van der Waals surface area contributed by atoms with Gasteiger partial charge >= 0.3 is 6.55 Å². The number of nitrogen functional groups attached to an aromatic ring is 1. The first-order valence-corrected chi connectivity index (χ1v) is 8.83. The number of fused-ring (bicyclic) bond motifs is 1. The fourth-order valence-corrected chi connectivity index (χ4v) is 3.01. The Balaban J connectivity index is 1.76. The minimum Gasteiger partial charge on any atom is -0.480 e. The summed E-state index contributed by atoms with van der Waals surface area (Å²) in [5.74, 6) is 0.562. The Morgan fingerprint density at radius 2 is 2.00 bits per heavy atom. The van der Waals surface area contributed by atoms with Crippen LogP contribution in [0, 0.1) is 0 Å². The number of ether oxygens (including phenoxy) is 1. The second-order valence-electron chi connectivity index (χ2n) is 6.08. The maximum Gasteiger partial charge on any atom is 0.334 e. The van der Waals surface area contributed by atoms with Crippen LogP contribution in [-0.4, -0.2) is 29.7 Å². The van der Waals surface area contributed by atoms with Crippen molar-refractivity contribution < 1.29 is 13.5 Å². The Morgan fingerprint density at radius 3 is 2.72 bits per heavy atom. The van der Waals surface area contributed by atoms with Gasteiger partial charge in [-0.2, -0.15) is 13.5 Å². The van der Waals surface area contributed by atoms with Crippen LogP contribution in [0.3, 0.4) is 0 Å². The van der Waals surface area contributed by atoms with Crippen LogP contribution in [0.4, 0.5) is 14.6 Å². The monoisotopic (exact) mass is 417 g/mol. The van der Waals surface area contributed by atoms with E-state index in [1.54, 1.807) is 25.1 Å². The Bertz CT molecular complexity index is 1180. The molecule has 0 aliphatic heterocycles. The number of nitrogens with zero attached hydrogens (tertiary/aromatic N) is 6. The molecule has 0 aliphatic rings. The summed E-state index contributed by atoms with van der Waals surface area (Å²) in [5, 5.41) is 4.71. The average molecular weight is 418 g/mol. The molecule has 8 nitrogen and oxygen atoms in total. The van der Waals surface area contributed by atoms with Gasteiger partial charge in [-0.15, -0.1) is 5.10 Å². The van der Waals surface area contributed by atoms with Crippen molar-refractivity contribution in [2.45, 2.75) is 19.6 Å². The molecule has 0 saturated carbocycles. The van der Waals surface area contributed by atoms with Crippen LogP contribution in [0.15, 0.2) is 43.1 Å². The zero-order chi connectivity index (χ0) is 20.5. The van der Waals surface area contributed by atoms with E-state index in [0.29, 0.717) is 26.3 Å². The third kappa shape index (κ3) is 3.66. The quantitative estimate of drug-likeness (QED) is 0.522. The summed E-state index contributed by atoms with van der Waals surface area (Å²) in [4.78, 5) is 16.6. The van der Waals surface area contributed by atoms with Gasteiger partial charge in [-0.25, -0.2) is 15.0 Å². The van der Waals surface area contributed by atoms with Crippen LogP contribution in [0.2, 0.25) is 5.02 Å². The maximum atomic E-state index is 12.7. The van der Waals surface area contributed by atoms with Gasteiger partial charge in [-0.3, -0.25) is 4.98 Å². The van der Waals surface area contributed by atoms with Crippen LogP contribution in [0.1, 0.15) is 25.4 Å². The number of alkyl halides is 2. The molecule has 0 spiro atoms. The lowest BCUT2D eigenvalue weighted by atomic mass is 10.1. The van der Waals surface area contributed by atoms with E-state index in [1.165, 1.54) is 12.5 Å². The Morgan fingerprint density at radius 1 is 1.17 bits per heavy atom. The maximum absolute atomic E-state index is 12.7. The van der Waals surface area contributed by atoms with Crippen LogP contribution in [-0.2, 0) is 0 Å². The summed E-state index contributed by atoms with van der Waals surface area (Å²) in [6, 6.07) is 7.15. The molecule has 0 bridgehead atoms. The molecule has 3 heterocycles. The molecule has 0 fully saturated rings. The lowest BCUT2D eigenvalue weighted by Crippen LogP contribution is -2.09. The zero-order valence-electron chi connectivity index (χ0n) is 15.0. The van der Waals surface area contributed by atoms with Crippen LogP contribution in [0.5, 0.6) is 5.75 Å². The summed E-state index contributed by atoms with van der Waals surface area (Å²) in [5.41, 5.74) is 7.84. The normalized spacial score (nSPS) is 12.4. The molecular formula is C18H14ClF2N7O. The van der Waals surface area contributed by atoms with E-state index in [0.717, 1.165) is 11.9 Å². The summed E-state index contributed by atoms with van der Waals surface area (Å²) in [6.07, 6.45) is 3.00. The number of hydrogen-bond donors (Lipinski definition) is 1. The molecule has 2 N–H and O–H groups in total. The van der Waals surface area contributed by atoms with Crippen molar-refractivity contribution in [2.75, 3.05) is 5.73 Å². The zero-order valence-corrected chi connectivity index (χ0v) is 15.8. The molecule has 4 aromatic rings. The first-order chi connectivity index (χ1) is 13.9. The Hall–Kier alpha value is -3.40. The Kier molecular flexibility index (Phi) is 4.93. The first kappa shape index (κ1) is 18.9. The fraction of sp³-hybridized carbons (Fsp3) is 0.167. The molecule has 0 amide bonds. The number of benzene rings is 1. The van der Waals surface area contributed by atoms with Crippen molar-refractivity contribution in [1.29, 1.82) is 0 Å². The van der Waals surface area contributed by atoms with Crippen molar-refractivity contribution in [2.24, 2.45) is 0 Å². The van der Waals surface area contributed by atoms with E-state index in [4.69, 9.17) is 22.1 Å². The summed E-state index contributed by atoms with van der Waals surface area (Å²) in [7, 11) is 0. The Labute approximate surface area is 168 Å². The molecule has 29 heavy (non-hydrogen) atoms. The number of rotatable bonds is 5. The third-order valence-electron chi connectivity index (χ3n) is 4.15. The van der Waals surface area contributed by atoms with Gasteiger partial charge in [0.15, 0.2) is 17.7 Å². The molecule has 1 aromatic carbocycles. The van der Waals surface area contributed by atoms with Crippen molar-refractivity contribution in [3.8, 4) is 17.0 Å². The molecule has 1 atom stereocenters. The lowest BCUT2D eigenvalue weighted by Gasteiger charge is -2.15. The number of anilines is 1. The van der Waals surface area contributed by atoms with Gasteiger partial charge in [-0.05, 0) is 19.1 Å². The number of nitrogens with two attached hydrogens (primary N) is 1. The predicted octanol–water partition coefficient (Wildman–Crippen LogP) is 4.05. The highest BCUT2D eigenvalue weighted by Gasteiger charge is 2.20. The fourth-order valence-electron chi connectivity index (χ4n) is 2.82. The standard InChI is InChI=1S/C18H14ClF2N7O/c1-9(17-26-8-28(27-17)18(20)21)29-12-6-23-14(10-3-2-4-11(19)5-10)15-13(12)16(22)25-7-24-15/h2-9,18H,1H3,(H2,22,24,25)/t9-/m0/s1.